The summed E-state index contributed by atoms with van der Waals surface area (Å²) >= 11 is 1.44. The van der Waals surface area contributed by atoms with E-state index in [2.05, 4.69) is 12.2 Å². The van der Waals surface area contributed by atoms with Gasteiger partial charge in [0.2, 0.25) is 5.91 Å². The number of anilines is 1. The van der Waals surface area contributed by atoms with Gasteiger partial charge in [-0.25, -0.2) is 0 Å². The maximum absolute atomic E-state index is 11.9. The minimum absolute atomic E-state index is 0.0738. The molecule has 5 heteroatoms. The fraction of sp³-hybridized carbons (Fsp3) is 0.222. The number of carboxylic acids is 1. The Morgan fingerprint density at radius 3 is 2.48 bits per heavy atom. The Bertz CT molecular complexity index is 683. The lowest BCUT2D eigenvalue weighted by Crippen LogP contribution is -2.22. The summed E-state index contributed by atoms with van der Waals surface area (Å²) < 4.78 is 0. The van der Waals surface area contributed by atoms with Gasteiger partial charge >= 0.3 is 0 Å². The van der Waals surface area contributed by atoms with Crippen molar-refractivity contribution in [1.29, 1.82) is 0 Å². The predicted octanol–water partition coefficient (Wildman–Crippen LogP) is 2.48. The van der Waals surface area contributed by atoms with Gasteiger partial charge < -0.3 is 15.2 Å². The number of thioether (sulfide) groups is 1. The molecular formula is C18H18NO3S-. The Morgan fingerprint density at radius 1 is 1.09 bits per heavy atom. The topological polar surface area (TPSA) is 69.2 Å². The largest absolute Gasteiger partial charge is 0.545 e. The van der Waals surface area contributed by atoms with Crippen molar-refractivity contribution in [1.82, 2.24) is 0 Å². The Balaban J connectivity index is 1.80. The summed E-state index contributed by atoms with van der Waals surface area (Å²) in [6.45, 7) is 2.08. The van der Waals surface area contributed by atoms with Crippen LogP contribution in [-0.4, -0.2) is 17.6 Å². The van der Waals surface area contributed by atoms with Crippen LogP contribution in [0.25, 0.3) is 0 Å². The zero-order valence-corrected chi connectivity index (χ0v) is 13.7. The van der Waals surface area contributed by atoms with Crippen LogP contribution in [0.4, 0.5) is 5.69 Å². The van der Waals surface area contributed by atoms with Crippen molar-refractivity contribution in [2.45, 2.75) is 19.1 Å². The molecule has 0 unspecified atom stereocenters. The standard InChI is InChI=1S/C18H19NO3S/c1-2-13-6-8-16(9-7-13)19-17(20)12-23-11-14-4-3-5-15(10-14)18(21)22/h3-10H,2,11-12H2,1H3,(H,19,20)(H,21,22)/p-1. The van der Waals surface area contributed by atoms with Gasteiger partial charge in [0.05, 0.1) is 11.7 Å². The van der Waals surface area contributed by atoms with Crippen LogP contribution in [0.2, 0.25) is 0 Å². The fourth-order valence-corrected chi connectivity index (χ4v) is 2.85. The molecular weight excluding hydrogens is 310 g/mol. The predicted molar refractivity (Wildman–Crippen MR) is 91.4 cm³/mol. The van der Waals surface area contributed by atoms with Gasteiger partial charge in [0.25, 0.3) is 0 Å². The van der Waals surface area contributed by atoms with Crippen molar-refractivity contribution < 1.29 is 14.7 Å². The number of nitrogens with one attached hydrogen (secondary N) is 1. The van der Waals surface area contributed by atoms with Gasteiger partial charge in [-0.15, -0.1) is 11.8 Å². The summed E-state index contributed by atoms with van der Waals surface area (Å²) in [6.07, 6.45) is 0.967. The number of amides is 1. The Hall–Kier alpha value is -2.27. The second kappa shape index (κ2) is 8.39. The van der Waals surface area contributed by atoms with Crippen LogP contribution in [0.3, 0.4) is 0 Å². The van der Waals surface area contributed by atoms with Crippen molar-refractivity contribution in [3.05, 3.63) is 65.2 Å². The van der Waals surface area contributed by atoms with E-state index in [1.165, 1.54) is 23.4 Å². The smallest absolute Gasteiger partial charge is 0.234 e. The first-order valence-electron chi connectivity index (χ1n) is 7.35. The highest BCUT2D eigenvalue weighted by Crippen LogP contribution is 2.15. The van der Waals surface area contributed by atoms with E-state index < -0.39 is 5.97 Å². The van der Waals surface area contributed by atoms with E-state index in [9.17, 15) is 14.7 Å². The van der Waals surface area contributed by atoms with Crippen LogP contribution in [0.5, 0.6) is 0 Å². The van der Waals surface area contributed by atoms with Crippen LogP contribution < -0.4 is 10.4 Å². The minimum atomic E-state index is -1.19. The number of hydrogen-bond acceptors (Lipinski definition) is 4. The van der Waals surface area contributed by atoms with Crippen LogP contribution in [0, 0.1) is 0 Å². The van der Waals surface area contributed by atoms with E-state index in [1.807, 2.05) is 30.3 Å². The third-order valence-electron chi connectivity index (χ3n) is 3.31. The van der Waals surface area contributed by atoms with Crippen molar-refractivity contribution in [3.63, 3.8) is 0 Å². The summed E-state index contributed by atoms with van der Waals surface area (Å²) in [7, 11) is 0. The summed E-state index contributed by atoms with van der Waals surface area (Å²) in [5, 5.41) is 13.6. The minimum Gasteiger partial charge on any atom is -0.545 e. The Morgan fingerprint density at radius 2 is 1.83 bits per heavy atom. The molecule has 2 aromatic rings. The first-order valence-corrected chi connectivity index (χ1v) is 8.50. The molecule has 4 nitrogen and oxygen atoms in total. The van der Waals surface area contributed by atoms with Crippen LogP contribution in [-0.2, 0) is 17.0 Å². The van der Waals surface area contributed by atoms with Gasteiger partial charge in [-0.2, -0.15) is 0 Å². The first-order chi connectivity index (χ1) is 11.1. The first kappa shape index (κ1) is 17.1. The zero-order chi connectivity index (χ0) is 16.7. The molecule has 0 atom stereocenters. The molecule has 1 N–H and O–H groups in total. The molecule has 0 aromatic heterocycles. The second-order valence-electron chi connectivity index (χ2n) is 5.08. The van der Waals surface area contributed by atoms with E-state index in [1.54, 1.807) is 12.1 Å². The summed E-state index contributed by atoms with van der Waals surface area (Å²) in [5.74, 6) is -0.380. The molecule has 0 saturated carbocycles. The lowest BCUT2D eigenvalue weighted by atomic mass is 10.1. The zero-order valence-electron chi connectivity index (χ0n) is 12.9. The Kier molecular flexibility index (Phi) is 6.23. The molecule has 120 valence electrons. The third-order valence-corrected chi connectivity index (χ3v) is 4.31. The molecule has 0 aliphatic heterocycles. The van der Waals surface area contributed by atoms with Crippen LogP contribution in [0.1, 0.15) is 28.4 Å². The van der Waals surface area contributed by atoms with Gasteiger partial charge in [-0.3, -0.25) is 4.79 Å². The van der Waals surface area contributed by atoms with Gasteiger partial charge in [-0.1, -0.05) is 37.3 Å². The summed E-state index contributed by atoms with van der Waals surface area (Å²) in [5.41, 5.74) is 3.03. The van der Waals surface area contributed by atoms with Gasteiger partial charge in [-0.05, 0) is 41.3 Å². The quantitative estimate of drug-likeness (QED) is 0.848. The van der Waals surface area contributed by atoms with Gasteiger partial charge in [0, 0.05) is 11.4 Å². The van der Waals surface area contributed by atoms with Crippen molar-refractivity contribution in [2.75, 3.05) is 11.1 Å². The molecule has 0 radical (unpaired) electrons. The van der Waals surface area contributed by atoms with Gasteiger partial charge in [0.1, 0.15) is 0 Å². The van der Waals surface area contributed by atoms with Gasteiger partial charge in [0.15, 0.2) is 0 Å². The number of aryl methyl sites for hydroxylation is 1. The molecule has 23 heavy (non-hydrogen) atoms. The van der Waals surface area contributed by atoms with Crippen LogP contribution >= 0.6 is 11.8 Å². The number of rotatable bonds is 7. The highest BCUT2D eigenvalue weighted by molar-refractivity contribution is 7.99. The maximum Gasteiger partial charge on any atom is 0.234 e. The number of benzene rings is 2. The molecule has 1 amide bonds. The third kappa shape index (κ3) is 5.45. The number of hydrogen-bond donors (Lipinski definition) is 1. The van der Waals surface area contributed by atoms with Crippen molar-refractivity contribution in [3.8, 4) is 0 Å². The molecule has 2 rings (SSSR count). The molecule has 0 spiro atoms. The molecule has 0 saturated heterocycles. The Labute approximate surface area is 139 Å². The van der Waals surface area contributed by atoms with E-state index in [-0.39, 0.29) is 11.5 Å². The molecule has 2 aromatic carbocycles. The number of aromatic carboxylic acids is 1. The highest BCUT2D eigenvalue weighted by atomic mass is 32.2. The summed E-state index contributed by atoms with van der Waals surface area (Å²) in [4.78, 5) is 22.7. The molecule has 0 heterocycles. The fourth-order valence-electron chi connectivity index (χ4n) is 2.07. The molecule has 0 bridgehead atoms. The molecule has 0 aliphatic carbocycles. The van der Waals surface area contributed by atoms with Crippen molar-refractivity contribution >= 4 is 29.3 Å². The van der Waals surface area contributed by atoms with E-state index in [0.29, 0.717) is 11.5 Å². The van der Waals surface area contributed by atoms with E-state index in [4.69, 9.17) is 0 Å². The number of carboxylic acid groups (broad SMARTS) is 1. The van der Waals surface area contributed by atoms with Crippen LogP contribution in [0.15, 0.2) is 48.5 Å². The van der Waals surface area contributed by atoms with E-state index >= 15 is 0 Å². The maximum atomic E-state index is 11.9. The molecule has 0 aliphatic rings. The SMILES string of the molecule is CCc1ccc(NC(=O)CSCc2cccc(C(=O)[O-])c2)cc1. The lowest BCUT2D eigenvalue weighted by Gasteiger charge is -2.07. The second-order valence-corrected chi connectivity index (χ2v) is 6.06. The normalized spacial score (nSPS) is 10.3. The lowest BCUT2D eigenvalue weighted by molar-refractivity contribution is -0.255. The van der Waals surface area contributed by atoms with Crippen molar-refractivity contribution in [2.24, 2.45) is 0 Å². The summed E-state index contributed by atoms with van der Waals surface area (Å²) in [6, 6.07) is 14.4. The highest BCUT2D eigenvalue weighted by Gasteiger charge is 2.04. The molecule has 0 fully saturated rings. The average Bonchev–Trinajstić information content (AvgIpc) is 2.56. The average molecular weight is 328 g/mol. The number of carbonyl (C=O) groups excluding carboxylic acids is 2. The van der Waals surface area contributed by atoms with E-state index in [0.717, 1.165) is 17.7 Å². The monoisotopic (exact) mass is 328 g/mol. The number of carbonyl (C=O) groups is 2.